The van der Waals surface area contributed by atoms with E-state index in [4.69, 9.17) is 5.26 Å². The van der Waals surface area contributed by atoms with Crippen molar-refractivity contribution in [3.05, 3.63) is 29.3 Å². The summed E-state index contributed by atoms with van der Waals surface area (Å²) < 4.78 is 26.4. The molecule has 1 rings (SSSR count). The van der Waals surface area contributed by atoms with Crippen molar-refractivity contribution in [3.63, 3.8) is 0 Å². The molecule has 0 bridgehead atoms. The monoisotopic (exact) mass is 338 g/mol. The number of aryl methyl sites for hydroxylation is 1. The summed E-state index contributed by atoms with van der Waals surface area (Å²) >= 11 is 0. The second kappa shape index (κ2) is 8.06. The van der Waals surface area contributed by atoms with Gasteiger partial charge in [0.15, 0.2) is 0 Å². The number of carbonyl (C=O) groups excluding carboxylic acids is 1. The van der Waals surface area contributed by atoms with E-state index in [-0.39, 0.29) is 19.5 Å². The molecule has 0 unspecified atom stereocenters. The smallest absolute Gasteiger partial charge is 0.281 e. The van der Waals surface area contributed by atoms with Gasteiger partial charge >= 0.3 is 0 Å². The number of nitrogens with zero attached hydrogens (tertiary/aromatic N) is 3. The van der Waals surface area contributed by atoms with Gasteiger partial charge in [0.2, 0.25) is 5.91 Å². The molecule has 0 radical (unpaired) electrons. The van der Waals surface area contributed by atoms with Crippen molar-refractivity contribution < 1.29 is 13.2 Å². The van der Waals surface area contributed by atoms with Crippen LogP contribution in [0.4, 0.5) is 5.69 Å². The predicted octanol–water partition coefficient (Wildman–Crippen LogP) is 1.26. The maximum absolute atomic E-state index is 12.2. The topological polar surface area (TPSA) is 93.5 Å². The molecule has 7 nitrogen and oxygen atoms in total. The van der Waals surface area contributed by atoms with E-state index in [0.29, 0.717) is 5.69 Å². The molecule has 1 N–H and O–H groups in total. The molecule has 0 spiro atoms. The van der Waals surface area contributed by atoms with Crippen LogP contribution < -0.4 is 5.32 Å². The zero-order chi connectivity index (χ0) is 17.6. The van der Waals surface area contributed by atoms with Crippen LogP contribution in [-0.4, -0.2) is 50.1 Å². The van der Waals surface area contributed by atoms with Crippen molar-refractivity contribution in [1.29, 1.82) is 5.26 Å². The lowest BCUT2D eigenvalue weighted by molar-refractivity contribution is -0.116. The van der Waals surface area contributed by atoms with Gasteiger partial charge in [-0.05, 0) is 31.0 Å². The largest absolute Gasteiger partial charge is 0.325 e. The van der Waals surface area contributed by atoms with Crippen LogP contribution in [0.3, 0.4) is 0 Å². The van der Waals surface area contributed by atoms with E-state index in [9.17, 15) is 13.2 Å². The van der Waals surface area contributed by atoms with E-state index < -0.39 is 16.1 Å². The highest BCUT2D eigenvalue weighted by Crippen LogP contribution is 2.18. The van der Waals surface area contributed by atoms with Crippen molar-refractivity contribution in [2.75, 3.05) is 32.5 Å². The molecular weight excluding hydrogens is 316 g/mol. The second-order valence-corrected chi connectivity index (χ2v) is 7.43. The number of hydrogen-bond acceptors (Lipinski definition) is 4. The zero-order valence-corrected chi connectivity index (χ0v) is 14.6. The number of amides is 1. The SMILES string of the molecule is Cc1cccc(NC(=O)CN(C)S(=O)(=O)N(C)CCC#N)c1C. The molecule has 23 heavy (non-hydrogen) atoms. The number of likely N-dealkylation sites (N-methyl/N-ethyl adjacent to an activating group) is 1. The third-order valence-corrected chi connectivity index (χ3v) is 5.46. The minimum Gasteiger partial charge on any atom is -0.325 e. The summed E-state index contributed by atoms with van der Waals surface area (Å²) in [5.41, 5.74) is 2.65. The molecule has 0 aliphatic rings. The van der Waals surface area contributed by atoms with E-state index in [1.165, 1.54) is 14.1 Å². The third kappa shape index (κ3) is 5.03. The first-order valence-corrected chi connectivity index (χ1v) is 8.50. The molecule has 0 aliphatic carbocycles. The molecule has 1 aromatic rings. The van der Waals surface area contributed by atoms with Crippen LogP contribution in [0.25, 0.3) is 0 Å². The summed E-state index contributed by atoms with van der Waals surface area (Å²) in [5, 5.41) is 11.2. The van der Waals surface area contributed by atoms with Crippen LogP contribution in [0.15, 0.2) is 18.2 Å². The third-order valence-electron chi connectivity index (χ3n) is 3.57. The van der Waals surface area contributed by atoms with Crippen LogP contribution >= 0.6 is 0 Å². The van der Waals surface area contributed by atoms with E-state index in [1.807, 2.05) is 32.0 Å². The lowest BCUT2D eigenvalue weighted by atomic mass is 10.1. The first kappa shape index (κ1) is 19.1. The second-order valence-electron chi connectivity index (χ2n) is 5.29. The lowest BCUT2D eigenvalue weighted by Crippen LogP contribution is -2.43. The number of nitrogens with one attached hydrogen (secondary N) is 1. The molecule has 126 valence electrons. The maximum Gasteiger partial charge on any atom is 0.281 e. The number of benzene rings is 1. The average Bonchev–Trinajstić information content (AvgIpc) is 2.49. The number of nitriles is 1. The Hall–Kier alpha value is -1.95. The maximum atomic E-state index is 12.2. The van der Waals surface area contributed by atoms with Gasteiger partial charge in [0, 0.05) is 32.7 Å². The molecule has 0 aliphatic heterocycles. The zero-order valence-electron chi connectivity index (χ0n) is 13.8. The molecule has 0 saturated carbocycles. The summed E-state index contributed by atoms with van der Waals surface area (Å²) in [6, 6.07) is 7.43. The van der Waals surface area contributed by atoms with Crippen molar-refractivity contribution in [3.8, 4) is 6.07 Å². The fourth-order valence-corrected chi connectivity index (χ4v) is 3.00. The molecule has 0 heterocycles. The molecular formula is C15H22N4O3S. The van der Waals surface area contributed by atoms with Gasteiger partial charge in [0.1, 0.15) is 0 Å². The fourth-order valence-electron chi connectivity index (χ4n) is 1.92. The number of hydrogen-bond donors (Lipinski definition) is 1. The van der Waals surface area contributed by atoms with Crippen LogP contribution in [0.5, 0.6) is 0 Å². The van der Waals surface area contributed by atoms with Gasteiger partial charge in [0.05, 0.1) is 12.6 Å². The molecule has 0 aromatic heterocycles. The van der Waals surface area contributed by atoms with E-state index >= 15 is 0 Å². The summed E-state index contributed by atoms with van der Waals surface area (Å²) in [4.78, 5) is 12.1. The Morgan fingerprint density at radius 3 is 2.52 bits per heavy atom. The van der Waals surface area contributed by atoms with Crippen molar-refractivity contribution in [2.24, 2.45) is 0 Å². The highest BCUT2D eigenvalue weighted by molar-refractivity contribution is 7.86. The van der Waals surface area contributed by atoms with Gasteiger partial charge < -0.3 is 5.32 Å². The Morgan fingerprint density at radius 2 is 1.91 bits per heavy atom. The Balaban J connectivity index is 2.73. The molecule has 0 atom stereocenters. The Bertz CT molecular complexity index is 710. The molecule has 0 fully saturated rings. The number of anilines is 1. The number of carbonyl (C=O) groups is 1. The molecule has 1 amide bonds. The van der Waals surface area contributed by atoms with Crippen LogP contribution in [0.1, 0.15) is 17.5 Å². The standard InChI is InChI=1S/C15H22N4O3S/c1-12-7-5-8-14(13(12)2)17-15(20)11-19(4)23(21,22)18(3)10-6-9-16/h5,7-8H,6,10-11H2,1-4H3,(H,17,20). The van der Waals surface area contributed by atoms with Crippen LogP contribution in [0, 0.1) is 25.2 Å². The van der Waals surface area contributed by atoms with E-state index in [0.717, 1.165) is 19.7 Å². The quantitative estimate of drug-likeness (QED) is 0.810. The van der Waals surface area contributed by atoms with Gasteiger partial charge in [-0.3, -0.25) is 4.79 Å². The molecule has 0 saturated heterocycles. The summed E-state index contributed by atoms with van der Waals surface area (Å²) in [6.45, 7) is 3.61. The van der Waals surface area contributed by atoms with Crippen LogP contribution in [-0.2, 0) is 15.0 Å². The van der Waals surface area contributed by atoms with Crippen molar-refractivity contribution >= 4 is 21.8 Å². The van der Waals surface area contributed by atoms with E-state index in [1.54, 1.807) is 6.07 Å². The molecule has 1 aromatic carbocycles. The Kier molecular flexibility index (Phi) is 6.69. The van der Waals surface area contributed by atoms with Gasteiger partial charge in [0.25, 0.3) is 10.2 Å². The van der Waals surface area contributed by atoms with E-state index in [2.05, 4.69) is 5.32 Å². The van der Waals surface area contributed by atoms with Crippen molar-refractivity contribution in [1.82, 2.24) is 8.61 Å². The van der Waals surface area contributed by atoms with Crippen LogP contribution in [0.2, 0.25) is 0 Å². The minimum absolute atomic E-state index is 0.0851. The summed E-state index contributed by atoms with van der Waals surface area (Å²) in [5.74, 6) is -0.418. The lowest BCUT2D eigenvalue weighted by Gasteiger charge is -2.23. The van der Waals surface area contributed by atoms with Gasteiger partial charge in [-0.25, -0.2) is 0 Å². The van der Waals surface area contributed by atoms with Gasteiger partial charge in [-0.2, -0.15) is 22.3 Å². The molecule has 8 heteroatoms. The number of rotatable bonds is 7. The normalized spacial score (nSPS) is 11.5. The predicted molar refractivity (Wildman–Crippen MR) is 89.0 cm³/mol. The first-order valence-electron chi connectivity index (χ1n) is 7.10. The highest BCUT2D eigenvalue weighted by Gasteiger charge is 2.25. The average molecular weight is 338 g/mol. The van der Waals surface area contributed by atoms with Gasteiger partial charge in [-0.15, -0.1) is 0 Å². The first-order chi connectivity index (χ1) is 10.7. The summed E-state index contributed by atoms with van der Waals surface area (Å²) in [7, 11) is -1.05. The Morgan fingerprint density at radius 1 is 1.26 bits per heavy atom. The Labute approximate surface area is 137 Å². The fraction of sp³-hybridized carbons (Fsp3) is 0.467. The highest BCUT2D eigenvalue weighted by atomic mass is 32.2. The summed E-state index contributed by atoms with van der Waals surface area (Å²) in [6.07, 6.45) is 0.0955. The van der Waals surface area contributed by atoms with Gasteiger partial charge in [-0.1, -0.05) is 12.1 Å². The van der Waals surface area contributed by atoms with Crippen molar-refractivity contribution in [2.45, 2.75) is 20.3 Å². The minimum atomic E-state index is -3.76.